The van der Waals surface area contributed by atoms with Gasteiger partial charge in [0, 0.05) is 0 Å². The maximum absolute atomic E-state index is 10.1. The van der Waals surface area contributed by atoms with E-state index in [1.165, 1.54) is 25.1 Å². The van der Waals surface area contributed by atoms with Gasteiger partial charge in [0.15, 0.2) is 0 Å². The molecule has 1 rings (SSSR count). The molecule has 0 atom stereocenters. The fourth-order valence-corrected chi connectivity index (χ4v) is 1.25. The molecule has 1 aromatic carbocycles. The number of carbonyl (C=O) groups excluding carboxylic acids is 1. The Labute approximate surface area is 97.9 Å². The van der Waals surface area contributed by atoms with Crippen molar-refractivity contribution in [1.29, 1.82) is 0 Å². The molecule has 0 unspecified atom stereocenters. The zero-order chi connectivity index (χ0) is 12.6. The van der Waals surface area contributed by atoms with Gasteiger partial charge in [-0.25, -0.2) is 0 Å². The third-order valence-corrected chi connectivity index (χ3v) is 1.90. The number of quaternary nitrogens is 1. The van der Waals surface area contributed by atoms with E-state index < -0.39 is 5.97 Å². The summed E-state index contributed by atoms with van der Waals surface area (Å²) >= 11 is 0. The van der Waals surface area contributed by atoms with Crippen LogP contribution >= 0.6 is 0 Å². The summed E-state index contributed by atoms with van der Waals surface area (Å²) in [5.74, 6) is -1.13. The third-order valence-electron chi connectivity index (χ3n) is 1.90. The molecule has 0 N–H and O–H groups in total. The minimum atomic E-state index is -1.13. The SMILES string of the molecule is CCC[N+](C)(C)C.O=C([O-])c1ccccc1. The summed E-state index contributed by atoms with van der Waals surface area (Å²) in [5.41, 5.74) is 0.220. The van der Waals surface area contributed by atoms with Gasteiger partial charge in [0.05, 0.1) is 33.7 Å². The lowest BCUT2D eigenvalue weighted by molar-refractivity contribution is -0.870. The average molecular weight is 223 g/mol. The van der Waals surface area contributed by atoms with Crippen molar-refractivity contribution in [3.63, 3.8) is 0 Å². The summed E-state index contributed by atoms with van der Waals surface area (Å²) < 4.78 is 1.09. The van der Waals surface area contributed by atoms with Gasteiger partial charge < -0.3 is 14.4 Å². The second kappa shape index (κ2) is 7.01. The Morgan fingerprint density at radius 3 is 1.88 bits per heavy atom. The molecule has 90 valence electrons. The van der Waals surface area contributed by atoms with Gasteiger partial charge in [0.25, 0.3) is 0 Å². The van der Waals surface area contributed by atoms with Gasteiger partial charge >= 0.3 is 0 Å². The van der Waals surface area contributed by atoms with Crippen molar-refractivity contribution in [2.24, 2.45) is 0 Å². The van der Waals surface area contributed by atoms with Crippen molar-refractivity contribution in [2.45, 2.75) is 13.3 Å². The number of carbonyl (C=O) groups is 1. The van der Waals surface area contributed by atoms with Crippen LogP contribution in [0.5, 0.6) is 0 Å². The standard InChI is InChI=1S/C7H6O2.C6H16N/c8-7(9)6-4-2-1-3-5-6;1-5-6-7(2,3)4/h1-5H,(H,8,9);5-6H2,1-4H3/q;+1/p-1. The van der Waals surface area contributed by atoms with Gasteiger partial charge in [-0.05, 0) is 12.0 Å². The van der Waals surface area contributed by atoms with Crippen molar-refractivity contribution >= 4 is 5.97 Å². The largest absolute Gasteiger partial charge is 0.545 e. The van der Waals surface area contributed by atoms with Crippen molar-refractivity contribution < 1.29 is 14.4 Å². The minimum absolute atomic E-state index is 0.220. The Balaban J connectivity index is 0.000000293. The normalized spacial score (nSPS) is 10.2. The molecule has 16 heavy (non-hydrogen) atoms. The van der Waals surface area contributed by atoms with E-state index in [9.17, 15) is 9.90 Å². The van der Waals surface area contributed by atoms with Gasteiger partial charge in [-0.3, -0.25) is 0 Å². The second-order valence-corrected chi connectivity index (χ2v) is 4.67. The zero-order valence-electron chi connectivity index (χ0n) is 10.6. The average Bonchev–Trinajstić information content (AvgIpc) is 2.18. The molecular formula is C13H21NO2. The van der Waals surface area contributed by atoms with E-state index in [0.717, 1.165) is 4.48 Å². The number of hydrogen-bond acceptors (Lipinski definition) is 2. The van der Waals surface area contributed by atoms with Crippen molar-refractivity contribution in [3.05, 3.63) is 35.9 Å². The van der Waals surface area contributed by atoms with Crippen LogP contribution in [0.25, 0.3) is 0 Å². The molecule has 0 amide bonds. The van der Waals surface area contributed by atoms with Crippen LogP contribution in [0.2, 0.25) is 0 Å². The van der Waals surface area contributed by atoms with Crippen molar-refractivity contribution in [3.8, 4) is 0 Å². The fourth-order valence-electron chi connectivity index (χ4n) is 1.25. The molecule has 0 radical (unpaired) electrons. The highest BCUT2D eigenvalue weighted by Gasteiger charge is 2.01. The Morgan fingerprint density at radius 1 is 1.19 bits per heavy atom. The molecule has 0 saturated carbocycles. The number of benzene rings is 1. The quantitative estimate of drug-likeness (QED) is 0.721. The molecule has 3 nitrogen and oxygen atoms in total. The van der Waals surface area contributed by atoms with Crippen molar-refractivity contribution in [2.75, 3.05) is 27.7 Å². The Bertz CT molecular complexity index is 301. The lowest BCUT2D eigenvalue weighted by atomic mass is 10.2. The summed E-state index contributed by atoms with van der Waals surface area (Å²) in [7, 11) is 6.64. The lowest BCUT2D eigenvalue weighted by Gasteiger charge is -2.22. The van der Waals surface area contributed by atoms with Crippen LogP contribution in [0.1, 0.15) is 23.7 Å². The molecule has 0 aromatic heterocycles. The predicted octanol–water partition coefficient (Wildman–Crippen LogP) is 1.15. The summed E-state index contributed by atoms with van der Waals surface area (Å²) in [6.07, 6.45) is 1.28. The number of rotatable bonds is 3. The first kappa shape index (κ1) is 14.6. The first-order valence-electron chi connectivity index (χ1n) is 5.43. The van der Waals surface area contributed by atoms with Gasteiger partial charge in [0.2, 0.25) is 0 Å². The minimum Gasteiger partial charge on any atom is -0.545 e. The summed E-state index contributed by atoms with van der Waals surface area (Å²) in [5, 5.41) is 10.1. The van der Waals surface area contributed by atoms with Crippen LogP contribution in [-0.2, 0) is 0 Å². The molecular weight excluding hydrogens is 202 g/mol. The van der Waals surface area contributed by atoms with Gasteiger partial charge in [-0.15, -0.1) is 0 Å². The van der Waals surface area contributed by atoms with Gasteiger partial charge in [-0.2, -0.15) is 0 Å². The molecule has 0 bridgehead atoms. The molecule has 0 heterocycles. The van der Waals surface area contributed by atoms with Crippen LogP contribution in [0.15, 0.2) is 30.3 Å². The van der Waals surface area contributed by atoms with E-state index in [1.807, 2.05) is 0 Å². The number of carboxylic acid groups (broad SMARTS) is 1. The van der Waals surface area contributed by atoms with Gasteiger partial charge in [-0.1, -0.05) is 37.3 Å². The fraction of sp³-hybridized carbons (Fsp3) is 0.462. The monoisotopic (exact) mass is 223 g/mol. The number of aromatic carboxylic acids is 1. The van der Waals surface area contributed by atoms with Crippen LogP contribution in [0, 0.1) is 0 Å². The summed E-state index contributed by atoms with van der Waals surface area (Å²) in [4.78, 5) is 10.1. The first-order valence-corrected chi connectivity index (χ1v) is 5.43. The Hall–Kier alpha value is -1.35. The van der Waals surface area contributed by atoms with E-state index in [1.54, 1.807) is 18.2 Å². The maximum Gasteiger partial charge on any atom is 0.0777 e. The first-order chi connectivity index (χ1) is 7.37. The zero-order valence-corrected chi connectivity index (χ0v) is 10.6. The summed E-state index contributed by atoms with van der Waals surface area (Å²) in [6.45, 7) is 3.49. The van der Waals surface area contributed by atoms with Crippen LogP contribution in [0.4, 0.5) is 0 Å². The molecule has 0 saturated heterocycles. The highest BCUT2D eigenvalue weighted by Crippen LogP contribution is 1.94. The van der Waals surface area contributed by atoms with E-state index in [-0.39, 0.29) is 5.56 Å². The second-order valence-electron chi connectivity index (χ2n) is 4.67. The third kappa shape index (κ3) is 8.00. The predicted molar refractivity (Wildman–Crippen MR) is 64.0 cm³/mol. The number of nitrogens with zero attached hydrogens (tertiary/aromatic N) is 1. The van der Waals surface area contributed by atoms with E-state index in [0.29, 0.717) is 0 Å². The Kier molecular flexibility index (Phi) is 6.42. The topological polar surface area (TPSA) is 40.1 Å². The Morgan fingerprint density at radius 2 is 1.69 bits per heavy atom. The highest BCUT2D eigenvalue weighted by molar-refractivity contribution is 5.85. The van der Waals surface area contributed by atoms with E-state index in [2.05, 4.69) is 28.1 Å². The molecule has 0 spiro atoms. The molecule has 0 fully saturated rings. The number of carboxylic acids is 1. The number of hydrogen-bond donors (Lipinski definition) is 0. The molecule has 3 heteroatoms. The smallest absolute Gasteiger partial charge is 0.0777 e. The van der Waals surface area contributed by atoms with E-state index in [4.69, 9.17) is 0 Å². The molecule has 0 aliphatic carbocycles. The molecule has 0 aliphatic heterocycles. The summed E-state index contributed by atoms with van der Waals surface area (Å²) in [6, 6.07) is 8.06. The van der Waals surface area contributed by atoms with Crippen LogP contribution in [0.3, 0.4) is 0 Å². The van der Waals surface area contributed by atoms with Crippen LogP contribution in [-0.4, -0.2) is 38.1 Å². The lowest BCUT2D eigenvalue weighted by Crippen LogP contribution is -2.34. The maximum atomic E-state index is 10.1. The van der Waals surface area contributed by atoms with E-state index >= 15 is 0 Å². The van der Waals surface area contributed by atoms with Gasteiger partial charge in [0.1, 0.15) is 0 Å². The molecule has 0 aliphatic rings. The molecule has 1 aromatic rings. The van der Waals surface area contributed by atoms with Crippen molar-refractivity contribution in [1.82, 2.24) is 0 Å². The highest BCUT2D eigenvalue weighted by atomic mass is 16.4. The van der Waals surface area contributed by atoms with Crippen LogP contribution < -0.4 is 5.11 Å².